The second-order valence-corrected chi connectivity index (χ2v) is 3.74. The van der Waals surface area contributed by atoms with Gasteiger partial charge in [-0.05, 0) is 12.1 Å². The Morgan fingerprint density at radius 3 is 2.61 bits per heavy atom. The lowest BCUT2D eigenvalue weighted by Crippen LogP contribution is -2.53. The Kier molecular flexibility index (Phi) is 2.89. The lowest BCUT2D eigenvalue weighted by Gasteiger charge is -2.23. The molecule has 1 aromatic carbocycles. The predicted octanol–water partition coefficient (Wildman–Crippen LogP) is 1.41. The number of amides is 1. The van der Waals surface area contributed by atoms with E-state index in [0.717, 1.165) is 18.2 Å². The second-order valence-electron chi connectivity index (χ2n) is 3.74. The third-order valence-corrected chi connectivity index (χ3v) is 2.40. The maximum atomic E-state index is 12.9. The smallest absolute Gasteiger partial charge is 0.427 e. The normalized spacial score (nSPS) is 23.7. The minimum atomic E-state index is -4.80. The Balaban J connectivity index is 2.44. The van der Waals surface area contributed by atoms with E-state index in [1.807, 2.05) is 0 Å². The van der Waals surface area contributed by atoms with Crippen molar-refractivity contribution in [1.29, 1.82) is 0 Å². The van der Waals surface area contributed by atoms with Gasteiger partial charge in [-0.3, -0.25) is 4.79 Å². The third-order valence-electron chi connectivity index (χ3n) is 2.40. The molecule has 0 bridgehead atoms. The molecule has 0 saturated heterocycles. The Labute approximate surface area is 98.7 Å². The van der Waals surface area contributed by atoms with Gasteiger partial charge in [0.05, 0.1) is 5.69 Å². The molecule has 0 spiro atoms. The lowest BCUT2D eigenvalue weighted by molar-refractivity contribution is -0.200. The van der Waals surface area contributed by atoms with Gasteiger partial charge < -0.3 is 15.8 Å². The fourth-order valence-corrected chi connectivity index (χ4v) is 1.54. The Bertz CT molecular complexity index is 489. The van der Waals surface area contributed by atoms with Crippen LogP contribution in [0.5, 0.6) is 5.75 Å². The van der Waals surface area contributed by atoms with Crippen LogP contribution in [0, 0.1) is 5.82 Å². The number of benzene rings is 1. The molecule has 1 amide bonds. The summed E-state index contributed by atoms with van der Waals surface area (Å²) < 4.78 is 55.6. The van der Waals surface area contributed by atoms with Gasteiger partial charge in [-0.15, -0.1) is 0 Å². The average Bonchev–Trinajstić information content (AvgIpc) is 2.36. The predicted molar refractivity (Wildman–Crippen MR) is 53.5 cm³/mol. The molecular weight excluding hydrogens is 256 g/mol. The third kappa shape index (κ3) is 2.23. The summed E-state index contributed by atoms with van der Waals surface area (Å²) in [4.78, 5) is 11.4. The van der Waals surface area contributed by atoms with Crippen molar-refractivity contribution >= 4 is 11.6 Å². The molecule has 0 aliphatic carbocycles. The fourth-order valence-electron chi connectivity index (χ4n) is 1.54. The van der Waals surface area contributed by atoms with Gasteiger partial charge in [0.25, 0.3) is 0 Å². The quantitative estimate of drug-likeness (QED) is 0.696. The van der Waals surface area contributed by atoms with Crippen LogP contribution in [-0.4, -0.2) is 24.2 Å². The van der Waals surface area contributed by atoms with Crippen molar-refractivity contribution in [2.24, 2.45) is 5.73 Å². The maximum Gasteiger partial charge on any atom is 0.427 e. The molecule has 98 valence electrons. The molecule has 1 aliphatic heterocycles. The maximum absolute atomic E-state index is 12.9. The van der Waals surface area contributed by atoms with E-state index in [1.165, 1.54) is 0 Å². The van der Waals surface area contributed by atoms with Crippen LogP contribution in [0.4, 0.5) is 23.2 Å². The van der Waals surface area contributed by atoms with Crippen molar-refractivity contribution < 1.29 is 27.1 Å². The van der Waals surface area contributed by atoms with Gasteiger partial charge in [0.15, 0.2) is 0 Å². The molecule has 18 heavy (non-hydrogen) atoms. The van der Waals surface area contributed by atoms with E-state index in [2.05, 4.69) is 10.1 Å². The number of nitrogens with two attached hydrogens (primary N) is 1. The number of nitrogens with one attached hydrogen (secondary N) is 1. The monoisotopic (exact) mass is 264 g/mol. The number of ether oxygens (including phenoxy) is 1. The molecule has 2 rings (SSSR count). The van der Waals surface area contributed by atoms with Gasteiger partial charge in [0.1, 0.15) is 17.6 Å². The van der Waals surface area contributed by atoms with Crippen molar-refractivity contribution in [2.45, 2.75) is 18.3 Å². The van der Waals surface area contributed by atoms with Crippen LogP contribution < -0.4 is 15.8 Å². The molecule has 0 fully saturated rings. The van der Waals surface area contributed by atoms with Crippen LogP contribution in [0.25, 0.3) is 0 Å². The molecule has 0 aromatic heterocycles. The summed E-state index contributed by atoms with van der Waals surface area (Å²) in [5.41, 5.74) is 5.00. The topological polar surface area (TPSA) is 64.4 Å². The number of fused-ring (bicyclic) bond motifs is 1. The summed E-state index contributed by atoms with van der Waals surface area (Å²) in [6, 6.07) is 0.871. The molecule has 8 heteroatoms. The number of anilines is 1. The number of rotatable bonds is 0. The van der Waals surface area contributed by atoms with E-state index in [9.17, 15) is 22.4 Å². The standard InChI is InChI=1S/C10H8F4N2O2/c11-4-1-2-6-5(3-4)16-9(17)7(15)8(18-6)10(12,13)14/h1-3,7-8H,15H2,(H,16,17)/t7-,8-/m0/s1. The minimum Gasteiger partial charge on any atom is -0.477 e. The summed E-state index contributed by atoms with van der Waals surface area (Å²) in [5, 5.41) is 2.09. The highest BCUT2D eigenvalue weighted by molar-refractivity contribution is 5.97. The number of carbonyl (C=O) groups is 1. The van der Waals surface area contributed by atoms with Crippen LogP contribution in [0.2, 0.25) is 0 Å². The highest BCUT2D eigenvalue weighted by Crippen LogP contribution is 2.34. The summed E-state index contributed by atoms with van der Waals surface area (Å²) >= 11 is 0. The number of hydrogen-bond donors (Lipinski definition) is 2. The number of halogens is 4. The van der Waals surface area contributed by atoms with Gasteiger partial charge in [-0.1, -0.05) is 0 Å². The zero-order valence-electron chi connectivity index (χ0n) is 8.79. The van der Waals surface area contributed by atoms with E-state index >= 15 is 0 Å². The van der Waals surface area contributed by atoms with Gasteiger partial charge in [-0.2, -0.15) is 13.2 Å². The van der Waals surface area contributed by atoms with E-state index in [4.69, 9.17) is 5.73 Å². The molecule has 1 aromatic rings. The second kappa shape index (κ2) is 4.13. The van der Waals surface area contributed by atoms with Crippen molar-refractivity contribution in [3.8, 4) is 5.75 Å². The zero-order valence-corrected chi connectivity index (χ0v) is 8.79. The molecule has 3 N–H and O–H groups in total. The van der Waals surface area contributed by atoms with Crippen LogP contribution >= 0.6 is 0 Å². The number of hydrogen-bond acceptors (Lipinski definition) is 3. The van der Waals surface area contributed by atoms with Gasteiger partial charge in [0.2, 0.25) is 12.0 Å². The Morgan fingerprint density at radius 2 is 2.00 bits per heavy atom. The Hall–Kier alpha value is -1.83. The average molecular weight is 264 g/mol. The minimum absolute atomic E-state index is 0.179. The first-order valence-corrected chi connectivity index (χ1v) is 4.88. The van der Waals surface area contributed by atoms with Crippen LogP contribution in [0.15, 0.2) is 18.2 Å². The zero-order chi connectivity index (χ0) is 13.5. The Morgan fingerprint density at radius 1 is 1.33 bits per heavy atom. The molecule has 0 unspecified atom stereocenters. The first-order valence-electron chi connectivity index (χ1n) is 4.88. The first-order chi connectivity index (χ1) is 8.29. The van der Waals surface area contributed by atoms with Gasteiger partial charge in [-0.25, -0.2) is 4.39 Å². The van der Waals surface area contributed by atoms with Crippen LogP contribution in [0.1, 0.15) is 0 Å². The van der Waals surface area contributed by atoms with Crippen molar-refractivity contribution in [2.75, 3.05) is 5.32 Å². The fraction of sp³-hybridized carbons (Fsp3) is 0.300. The lowest BCUT2D eigenvalue weighted by atomic mass is 10.1. The largest absolute Gasteiger partial charge is 0.477 e. The number of alkyl halides is 3. The molecule has 1 heterocycles. The highest BCUT2D eigenvalue weighted by atomic mass is 19.4. The summed E-state index contributed by atoms with van der Waals surface area (Å²) in [5.74, 6) is -2.07. The van der Waals surface area contributed by atoms with Crippen molar-refractivity contribution in [3.05, 3.63) is 24.0 Å². The highest BCUT2D eigenvalue weighted by Gasteiger charge is 2.49. The molecule has 4 nitrogen and oxygen atoms in total. The van der Waals surface area contributed by atoms with Gasteiger partial charge >= 0.3 is 6.18 Å². The molecular formula is C10H8F4N2O2. The van der Waals surface area contributed by atoms with Crippen molar-refractivity contribution in [1.82, 2.24) is 0 Å². The SMILES string of the molecule is N[C@@H]1C(=O)Nc2cc(F)ccc2O[C@@H]1C(F)(F)F. The van der Waals surface area contributed by atoms with E-state index < -0.39 is 30.0 Å². The summed E-state index contributed by atoms with van der Waals surface area (Å²) in [7, 11) is 0. The molecule has 0 radical (unpaired) electrons. The number of carbonyl (C=O) groups excluding carboxylic acids is 1. The summed E-state index contributed by atoms with van der Waals surface area (Å²) in [6.07, 6.45) is -7.27. The molecule has 2 atom stereocenters. The van der Waals surface area contributed by atoms with Crippen molar-refractivity contribution in [3.63, 3.8) is 0 Å². The van der Waals surface area contributed by atoms with E-state index in [-0.39, 0.29) is 11.4 Å². The van der Waals surface area contributed by atoms with E-state index in [0.29, 0.717) is 0 Å². The van der Waals surface area contributed by atoms with Crippen LogP contribution in [0.3, 0.4) is 0 Å². The first kappa shape index (κ1) is 12.6. The van der Waals surface area contributed by atoms with E-state index in [1.54, 1.807) is 0 Å². The summed E-state index contributed by atoms with van der Waals surface area (Å²) in [6.45, 7) is 0. The molecule has 0 saturated carbocycles. The van der Waals surface area contributed by atoms with Crippen LogP contribution in [-0.2, 0) is 4.79 Å². The van der Waals surface area contributed by atoms with Gasteiger partial charge in [0, 0.05) is 6.07 Å². The molecule has 1 aliphatic rings.